The van der Waals surface area contributed by atoms with Crippen molar-refractivity contribution in [1.82, 2.24) is 0 Å². The first kappa shape index (κ1) is 10.8. The van der Waals surface area contributed by atoms with Crippen LogP contribution in [-0.2, 0) is 4.79 Å². The Hall–Kier alpha value is -0.670. The Labute approximate surface area is 97.6 Å². The molecule has 0 aliphatic heterocycles. The first-order chi connectivity index (χ1) is 7.04. The molecule has 0 saturated heterocycles. The zero-order valence-electron chi connectivity index (χ0n) is 8.24. The summed E-state index contributed by atoms with van der Waals surface area (Å²) in [6, 6.07) is 7.30. The second-order valence-electron chi connectivity index (χ2n) is 3.86. The van der Waals surface area contributed by atoms with Crippen LogP contribution in [0.1, 0.15) is 13.3 Å². The predicted molar refractivity (Wildman–Crippen MR) is 61.5 cm³/mol. The number of carboxylic acids is 1. The number of halogens is 1. The van der Waals surface area contributed by atoms with Crippen molar-refractivity contribution >= 4 is 29.3 Å². The Bertz CT molecular complexity index is 390. The highest BCUT2D eigenvalue weighted by atomic mass is 35.5. The van der Waals surface area contributed by atoms with Crippen molar-refractivity contribution in [3.8, 4) is 0 Å². The highest BCUT2D eigenvalue weighted by molar-refractivity contribution is 8.01. The molecule has 1 aromatic rings. The zero-order valence-corrected chi connectivity index (χ0v) is 9.81. The fourth-order valence-corrected chi connectivity index (χ4v) is 3.03. The van der Waals surface area contributed by atoms with Gasteiger partial charge in [0, 0.05) is 9.92 Å². The van der Waals surface area contributed by atoms with E-state index in [2.05, 4.69) is 0 Å². The molecule has 0 bridgehead atoms. The fraction of sp³-hybridized carbons (Fsp3) is 0.364. The third-order valence-corrected chi connectivity index (χ3v) is 4.59. The van der Waals surface area contributed by atoms with E-state index in [1.54, 1.807) is 12.1 Å². The van der Waals surface area contributed by atoms with Crippen molar-refractivity contribution in [2.45, 2.75) is 23.0 Å². The van der Waals surface area contributed by atoms with Gasteiger partial charge in [-0.25, -0.2) is 0 Å². The molecule has 0 heterocycles. The second kappa shape index (κ2) is 3.72. The lowest BCUT2D eigenvalue weighted by Gasteiger charge is -2.10. The van der Waals surface area contributed by atoms with Crippen LogP contribution in [0.4, 0.5) is 0 Å². The van der Waals surface area contributed by atoms with Crippen molar-refractivity contribution in [1.29, 1.82) is 0 Å². The third kappa shape index (κ3) is 1.99. The Morgan fingerprint density at radius 2 is 2.07 bits per heavy atom. The lowest BCUT2D eigenvalue weighted by molar-refractivity contribution is -0.137. The zero-order chi connectivity index (χ0) is 11.1. The van der Waals surface area contributed by atoms with Gasteiger partial charge in [-0.3, -0.25) is 4.79 Å². The van der Waals surface area contributed by atoms with Crippen LogP contribution < -0.4 is 0 Å². The molecule has 0 aromatic heterocycles. The molecule has 2 nitrogen and oxygen atoms in total. The lowest BCUT2D eigenvalue weighted by atomic mass is 10.3. The number of hydrogen-bond donors (Lipinski definition) is 1. The summed E-state index contributed by atoms with van der Waals surface area (Å²) in [5.74, 6) is -0.467. The third-order valence-electron chi connectivity index (χ3n) is 2.72. The van der Waals surface area contributed by atoms with Crippen LogP contribution in [0, 0.1) is 5.92 Å². The van der Waals surface area contributed by atoms with E-state index in [4.69, 9.17) is 16.7 Å². The van der Waals surface area contributed by atoms with Gasteiger partial charge >= 0.3 is 5.97 Å². The first-order valence-corrected chi connectivity index (χ1v) is 5.92. The van der Waals surface area contributed by atoms with Crippen molar-refractivity contribution in [2.24, 2.45) is 5.92 Å². The molecule has 0 amide bonds. The van der Waals surface area contributed by atoms with E-state index in [0.29, 0.717) is 5.02 Å². The standard InChI is InChI=1S/C11H11ClO2S/c1-7-6-11(7,10(13)14)15-9-4-2-8(12)3-5-9/h2-5,7H,6H2,1H3,(H,13,14). The van der Waals surface area contributed by atoms with Crippen molar-refractivity contribution < 1.29 is 9.90 Å². The monoisotopic (exact) mass is 242 g/mol. The molecule has 1 fully saturated rings. The number of benzene rings is 1. The minimum Gasteiger partial charge on any atom is -0.480 e. The molecule has 2 atom stereocenters. The van der Waals surface area contributed by atoms with Crippen LogP contribution in [0.15, 0.2) is 29.2 Å². The minimum atomic E-state index is -0.713. The molecule has 1 aromatic carbocycles. The number of aliphatic carboxylic acids is 1. The molecular formula is C11H11ClO2S. The minimum absolute atomic E-state index is 0.246. The average molecular weight is 243 g/mol. The summed E-state index contributed by atoms with van der Waals surface area (Å²) in [5, 5.41) is 9.82. The summed E-state index contributed by atoms with van der Waals surface area (Å²) < 4.78 is -0.603. The van der Waals surface area contributed by atoms with Gasteiger partial charge in [0.15, 0.2) is 0 Å². The van der Waals surface area contributed by atoms with Gasteiger partial charge in [0.05, 0.1) is 0 Å². The van der Waals surface area contributed by atoms with Crippen LogP contribution in [0.5, 0.6) is 0 Å². The lowest BCUT2D eigenvalue weighted by Crippen LogP contribution is -2.19. The summed E-state index contributed by atoms with van der Waals surface area (Å²) in [6.07, 6.45) is 0.746. The highest BCUT2D eigenvalue weighted by Gasteiger charge is 2.58. The normalized spacial score (nSPS) is 28.8. The van der Waals surface area contributed by atoms with Crippen molar-refractivity contribution in [3.63, 3.8) is 0 Å². The van der Waals surface area contributed by atoms with E-state index in [1.165, 1.54) is 11.8 Å². The van der Waals surface area contributed by atoms with Gasteiger partial charge in [-0.2, -0.15) is 0 Å². The summed E-state index contributed by atoms with van der Waals surface area (Å²) in [7, 11) is 0. The first-order valence-electron chi connectivity index (χ1n) is 4.72. The Morgan fingerprint density at radius 1 is 1.53 bits per heavy atom. The van der Waals surface area contributed by atoms with Crippen LogP contribution >= 0.6 is 23.4 Å². The van der Waals surface area contributed by atoms with E-state index in [9.17, 15) is 4.79 Å². The largest absolute Gasteiger partial charge is 0.480 e. The molecule has 0 radical (unpaired) electrons. The maximum atomic E-state index is 11.1. The van der Waals surface area contributed by atoms with Gasteiger partial charge in [0.25, 0.3) is 0 Å². The van der Waals surface area contributed by atoms with Gasteiger partial charge in [0.2, 0.25) is 0 Å². The van der Waals surface area contributed by atoms with E-state index >= 15 is 0 Å². The molecule has 2 rings (SSSR count). The van der Waals surface area contributed by atoms with E-state index in [1.807, 2.05) is 19.1 Å². The van der Waals surface area contributed by atoms with Crippen LogP contribution in [0.3, 0.4) is 0 Å². The van der Waals surface area contributed by atoms with Crippen LogP contribution in [-0.4, -0.2) is 15.8 Å². The topological polar surface area (TPSA) is 37.3 Å². The van der Waals surface area contributed by atoms with Gasteiger partial charge < -0.3 is 5.11 Å². The van der Waals surface area contributed by atoms with Gasteiger partial charge in [-0.05, 0) is 36.6 Å². The highest BCUT2D eigenvalue weighted by Crippen LogP contribution is 2.56. The summed E-state index contributed by atoms with van der Waals surface area (Å²) >= 11 is 7.19. The number of thioether (sulfide) groups is 1. The maximum Gasteiger partial charge on any atom is 0.320 e. The SMILES string of the molecule is CC1CC1(Sc1ccc(Cl)cc1)C(=O)O. The number of carbonyl (C=O) groups is 1. The quantitative estimate of drug-likeness (QED) is 0.884. The average Bonchev–Trinajstić information content (AvgIpc) is 2.82. The molecule has 15 heavy (non-hydrogen) atoms. The Kier molecular flexibility index (Phi) is 2.69. The van der Waals surface area contributed by atoms with E-state index in [-0.39, 0.29) is 5.92 Å². The Balaban J connectivity index is 2.15. The van der Waals surface area contributed by atoms with Crippen LogP contribution in [0.25, 0.3) is 0 Å². The molecule has 4 heteroatoms. The van der Waals surface area contributed by atoms with Gasteiger partial charge in [-0.1, -0.05) is 18.5 Å². The smallest absolute Gasteiger partial charge is 0.320 e. The molecule has 2 unspecified atom stereocenters. The number of hydrogen-bond acceptors (Lipinski definition) is 2. The molecule has 1 aliphatic rings. The molecule has 0 spiro atoms. The van der Waals surface area contributed by atoms with Crippen molar-refractivity contribution in [2.75, 3.05) is 0 Å². The molecule has 1 N–H and O–H groups in total. The second-order valence-corrected chi connectivity index (χ2v) is 5.70. The summed E-state index contributed by atoms with van der Waals surface area (Å²) in [6.45, 7) is 1.97. The molecule has 1 aliphatic carbocycles. The van der Waals surface area contributed by atoms with Crippen molar-refractivity contribution in [3.05, 3.63) is 29.3 Å². The van der Waals surface area contributed by atoms with Gasteiger partial charge in [0.1, 0.15) is 4.75 Å². The number of rotatable bonds is 3. The molecule has 80 valence electrons. The van der Waals surface area contributed by atoms with Gasteiger partial charge in [-0.15, -0.1) is 11.8 Å². The van der Waals surface area contributed by atoms with E-state index < -0.39 is 10.7 Å². The molecular weight excluding hydrogens is 232 g/mol. The predicted octanol–water partition coefficient (Wildman–Crippen LogP) is 3.30. The molecule has 1 saturated carbocycles. The van der Waals surface area contributed by atoms with E-state index in [0.717, 1.165) is 11.3 Å². The Morgan fingerprint density at radius 3 is 2.47 bits per heavy atom. The summed E-state index contributed by atoms with van der Waals surface area (Å²) in [4.78, 5) is 12.1. The number of carboxylic acid groups (broad SMARTS) is 1. The maximum absolute atomic E-state index is 11.1. The fourth-order valence-electron chi connectivity index (χ4n) is 1.59. The van der Waals surface area contributed by atoms with Crippen LogP contribution in [0.2, 0.25) is 5.02 Å². The summed E-state index contributed by atoms with van der Waals surface area (Å²) in [5.41, 5.74) is 0.